The van der Waals surface area contributed by atoms with Crippen LogP contribution in [0.2, 0.25) is 0 Å². The summed E-state index contributed by atoms with van der Waals surface area (Å²) in [5.74, 6) is 0.0452. The van der Waals surface area contributed by atoms with Crippen LogP contribution >= 0.6 is 0 Å². The number of carbonyl (C=O) groups is 3. The molecular weight excluding hydrogens is 450 g/mol. The predicted octanol–water partition coefficient (Wildman–Crippen LogP) is 2.16. The number of fused-ring (bicyclic) bond motifs is 1. The van der Waals surface area contributed by atoms with Gasteiger partial charge >= 0.3 is 5.97 Å². The second-order valence-corrected chi connectivity index (χ2v) is 8.89. The summed E-state index contributed by atoms with van der Waals surface area (Å²) in [5.41, 5.74) is 2.89. The summed E-state index contributed by atoms with van der Waals surface area (Å²) in [6.07, 6.45) is -1.48. The molecule has 2 heterocycles. The summed E-state index contributed by atoms with van der Waals surface area (Å²) >= 11 is 0. The van der Waals surface area contributed by atoms with Crippen LogP contribution in [0, 0.1) is 13.8 Å². The van der Waals surface area contributed by atoms with Crippen LogP contribution in [0.4, 0.5) is 5.69 Å². The zero-order valence-corrected chi connectivity index (χ0v) is 20.3. The Hall–Kier alpha value is -3.59. The van der Waals surface area contributed by atoms with Crippen LogP contribution in [0.1, 0.15) is 18.1 Å². The largest absolute Gasteiger partial charge is 0.482 e. The second kappa shape index (κ2) is 10.8. The number of para-hydroxylation sites is 3. The maximum absolute atomic E-state index is 12.6. The van der Waals surface area contributed by atoms with Gasteiger partial charge < -0.3 is 24.4 Å². The van der Waals surface area contributed by atoms with Crippen molar-refractivity contribution in [3.63, 3.8) is 0 Å². The van der Waals surface area contributed by atoms with E-state index in [1.807, 2.05) is 43.0 Å². The minimum absolute atomic E-state index is 0.0819. The standard InChI is InChI=1S/C26H31N3O6/c1-17-7-6-8-18(2)24(17)27-22(30)15-28-11-13-29(14-12-28)23(31)16-33-26(32)25-19(3)34-20-9-4-5-10-21(20)35-25/h4-10,19,25H,11-16H2,1-3H3,(H,27,30). The van der Waals surface area contributed by atoms with Crippen LogP contribution in [-0.4, -0.2) is 79.1 Å². The Morgan fingerprint density at radius 2 is 1.57 bits per heavy atom. The number of hydrogen-bond acceptors (Lipinski definition) is 7. The number of amides is 2. The van der Waals surface area contributed by atoms with Gasteiger partial charge in [-0.2, -0.15) is 0 Å². The Morgan fingerprint density at radius 1 is 0.943 bits per heavy atom. The van der Waals surface area contributed by atoms with E-state index in [1.54, 1.807) is 30.0 Å². The number of nitrogens with zero attached hydrogens (tertiary/aromatic N) is 2. The van der Waals surface area contributed by atoms with E-state index in [1.165, 1.54) is 0 Å². The Labute approximate surface area is 204 Å². The lowest BCUT2D eigenvalue weighted by Crippen LogP contribution is -2.52. The molecule has 0 aliphatic carbocycles. The molecule has 2 aromatic rings. The van der Waals surface area contributed by atoms with E-state index in [2.05, 4.69) is 5.32 Å². The highest BCUT2D eigenvalue weighted by atomic mass is 16.6. The third kappa shape index (κ3) is 5.92. The molecule has 0 radical (unpaired) electrons. The molecule has 2 amide bonds. The molecule has 0 saturated carbocycles. The summed E-state index contributed by atoms with van der Waals surface area (Å²) in [7, 11) is 0. The van der Waals surface area contributed by atoms with E-state index in [0.29, 0.717) is 37.7 Å². The SMILES string of the molecule is Cc1cccc(C)c1NC(=O)CN1CCN(C(=O)COC(=O)C2Oc3ccccc3OC2C)CC1. The predicted molar refractivity (Wildman–Crippen MR) is 129 cm³/mol. The summed E-state index contributed by atoms with van der Waals surface area (Å²) < 4.78 is 16.7. The maximum Gasteiger partial charge on any atom is 0.351 e. The molecule has 0 aromatic heterocycles. The number of piperazine rings is 1. The second-order valence-electron chi connectivity index (χ2n) is 8.89. The molecule has 2 aliphatic rings. The van der Waals surface area contributed by atoms with Crippen LogP contribution in [0.25, 0.3) is 0 Å². The van der Waals surface area contributed by atoms with E-state index in [4.69, 9.17) is 14.2 Å². The van der Waals surface area contributed by atoms with E-state index in [9.17, 15) is 14.4 Å². The van der Waals surface area contributed by atoms with Gasteiger partial charge in [-0.15, -0.1) is 0 Å². The number of anilines is 1. The minimum Gasteiger partial charge on any atom is -0.482 e. The fourth-order valence-electron chi connectivity index (χ4n) is 4.23. The van der Waals surface area contributed by atoms with Crippen molar-refractivity contribution in [1.82, 2.24) is 9.80 Å². The first kappa shape index (κ1) is 24.5. The van der Waals surface area contributed by atoms with Crippen LogP contribution in [0.5, 0.6) is 11.5 Å². The normalized spacial score (nSPS) is 19.7. The molecule has 1 saturated heterocycles. The summed E-state index contributed by atoms with van der Waals surface area (Å²) in [6.45, 7) is 7.59. The number of ether oxygens (including phenoxy) is 3. The molecule has 2 aromatic carbocycles. The Balaban J connectivity index is 1.20. The molecule has 9 nitrogen and oxygen atoms in total. The Kier molecular flexibility index (Phi) is 7.55. The number of rotatable bonds is 6. The molecule has 9 heteroatoms. The summed E-state index contributed by atoms with van der Waals surface area (Å²) in [6, 6.07) is 13.0. The number of hydrogen-bond donors (Lipinski definition) is 1. The van der Waals surface area contributed by atoms with Crippen molar-refractivity contribution in [1.29, 1.82) is 0 Å². The van der Waals surface area contributed by atoms with Crippen molar-refractivity contribution in [2.75, 3.05) is 44.6 Å². The zero-order chi connectivity index (χ0) is 24.9. The molecular formula is C26H31N3O6. The molecule has 4 rings (SSSR count). The third-order valence-corrected chi connectivity index (χ3v) is 6.25. The molecule has 2 aliphatic heterocycles. The van der Waals surface area contributed by atoms with Gasteiger partial charge in [0.25, 0.3) is 5.91 Å². The van der Waals surface area contributed by atoms with Crippen molar-refractivity contribution in [2.45, 2.75) is 33.0 Å². The summed E-state index contributed by atoms with van der Waals surface area (Å²) in [4.78, 5) is 41.3. The maximum atomic E-state index is 12.6. The van der Waals surface area contributed by atoms with Crippen molar-refractivity contribution in [3.8, 4) is 11.5 Å². The first-order valence-electron chi connectivity index (χ1n) is 11.8. The van der Waals surface area contributed by atoms with Gasteiger partial charge in [0.05, 0.1) is 6.54 Å². The van der Waals surface area contributed by atoms with E-state index < -0.39 is 18.2 Å². The van der Waals surface area contributed by atoms with Gasteiger partial charge in [0.1, 0.15) is 6.10 Å². The average molecular weight is 482 g/mol. The molecule has 1 fully saturated rings. The topological polar surface area (TPSA) is 97.4 Å². The number of nitrogens with one attached hydrogen (secondary N) is 1. The fraction of sp³-hybridized carbons (Fsp3) is 0.423. The molecule has 2 atom stereocenters. The van der Waals surface area contributed by atoms with Crippen molar-refractivity contribution >= 4 is 23.5 Å². The Morgan fingerprint density at radius 3 is 2.23 bits per heavy atom. The molecule has 0 spiro atoms. The van der Waals surface area contributed by atoms with E-state index in [0.717, 1.165) is 16.8 Å². The van der Waals surface area contributed by atoms with Crippen molar-refractivity contribution in [3.05, 3.63) is 53.6 Å². The highest BCUT2D eigenvalue weighted by molar-refractivity contribution is 5.93. The van der Waals surface area contributed by atoms with Gasteiger partial charge in [0.2, 0.25) is 12.0 Å². The minimum atomic E-state index is -0.940. The third-order valence-electron chi connectivity index (χ3n) is 6.25. The van der Waals surface area contributed by atoms with Gasteiger partial charge in [-0.25, -0.2) is 4.79 Å². The number of carbonyl (C=O) groups excluding carboxylic acids is 3. The van der Waals surface area contributed by atoms with E-state index in [-0.39, 0.29) is 25.0 Å². The van der Waals surface area contributed by atoms with Gasteiger partial charge in [-0.3, -0.25) is 14.5 Å². The number of benzene rings is 2. The lowest BCUT2D eigenvalue weighted by molar-refractivity contribution is -0.163. The number of aryl methyl sites for hydroxylation is 2. The molecule has 2 unspecified atom stereocenters. The fourth-order valence-corrected chi connectivity index (χ4v) is 4.23. The quantitative estimate of drug-likeness (QED) is 0.632. The van der Waals surface area contributed by atoms with E-state index >= 15 is 0 Å². The van der Waals surface area contributed by atoms with Crippen LogP contribution in [-0.2, 0) is 19.1 Å². The first-order valence-corrected chi connectivity index (χ1v) is 11.8. The van der Waals surface area contributed by atoms with Crippen LogP contribution < -0.4 is 14.8 Å². The molecule has 1 N–H and O–H groups in total. The lowest BCUT2D eigenvalue weighted by atomic mass is 10.1. The highest BCUT2D eigenvalue weighted by Gasteiger charge is 2.36. The highest BCUT2D eigenvalue weighted by Crippen LogP contribution is 2.33. The van der Waals surface area contributed by atoms with Crippen LogP contribution in [0.3, 0.4) is 0 Å². The smallest absolute Gasteiger partial charge is 0.351 e. The average Bonchev–Trinajstić information content (AvgIpc) is 2.84. The van der Waals surface area contributed by atoms with Crippen molar-refractivity contribution < 1.29 is 28.6 Å². The van der Waals surface area contributed by atoms with Gasteiger partial charge in [-0.1, -0.05) is 30.3 Å². The van der Waals surface area contributed by atoms with Gasteiger partial charge in [-0.05, 0) is 44.0 Å². The van der Waals surface area contributed by atoms with Crippen LogP contribution in [0.15, 0.2) is 42.5 Å². The van der Waals surface area contributed by atoms with Crippen molar-refractivity contribution in [2.24, 2.45) is 0 Å². The molecule has 0 bridgehead atoms. The monoisotopic (exact) mass is 481 g/mol. The zero-order valence-electron chi connectivity index (χ0n) is 20.3. The first-order chi connectivity index (χ1) is 16.8. The number of esters is 1. The van der Waals surface area contributed by atoms with Gasteiger partial charge in [0.15, 0.2) is 18.1 Å². The lowest BCUT2D eigenvalue weighted by Gasteiger charge is -2.34. The summed E-state index contributed by atoms with van der Waals surface area (Å²) in [5, 5.41) is 2.99. The molecule has 186 valence electrons. The van der Waals surface area contributed by atoms with Gasteiger partial charge in [0, 0.05) is 31.9 Å². The Bertz CT molecular complexity index is 1080. The molecule has 35 heavy (non-hydrogen) atoms.